The van der Waals surface area contributed by atoms with Crippen molar-refractivity contribution in [2.45, 2.75) is 6.54 Å². The van der Waals surface area contributed by atoms with Crippen LogP contribution in [0, 0.1) is 0 Å². The van der Waals surface area contributed by atoms with E-state index in [1.165, 1.54) is 4.88 Å². The summed E-state index contributed by atoms with van der Waals surface area (Å²) in [6.07, 6.45) is 3.60. The number of rotatable bonds is 4. The van der Waals surface area contributed by atoms with Crippen molar-refractivity contribution < 1.29 is 4.79 Å². The van der Waals surface area contributed by atoms with Gasteiger partial charge < -0.3 is 19.6 Å². The standard InChI is InChI=1S/C21H21ClN6O2S/c1-23-19(29)16-3-2-13(11-24-16)27-8-6-26(7-9-27)12-14-10-17-21(31-14)28-5-4-15(22)18(28)20(30)25-17/h2-5,10-11H,6-9,12H2,1H3,(H,23,29)(H,25,30). The maximum atomic E-state index is 12.3. The number of aromatic nitrogens is 3. The molecule has 4 aromatic rings. The van der Waals surface area contributed by atoms with Gasteiger partial charge in [0.1, 0.15) is 16.0 Å². The quantitative estimate of drug-likeness (QED) is 0.493. The fourth-order valence-electron chi connectivity index (χ4n) is 3.97. The molecule has 0 radical (unpaired) electrons. The second kappa shape index (κ2) is 7.99. The number of hydrogen-bond acceptors (Lipinski definition) is 6. The van der Waals surface area contributed by atoms with Crippen molar-refractivity contribution in [2.75, 3.05) is 38.1 Å². The summed E-state index contributed by atoms with van der Waals surface area (Å²) in [6.45, 7) is 4.46. The highest BCUT2D eigenvalue weighted by Crippen LogP contribution is 2.28. The smallest absolute Gasteiger partial charge is 0.274 e. The molecule has 31 heavy (non-hydrogen) atoms. The van der Waals surface area contributed by atoms with Gasteiger partial charge in [-0.1, -0.05) is 11.6 Å². The number of H-pyrrole nitrogens is 1. The molecule has 10 heteroatoms. The van der Waals surface area contributed by atoms with Gasteiger partial charge in [-0.2, -0.15) is 0 Å². The molecule has 1 aliphatic rings. The summed E-state index contributed by atoms with van der Waals surface area (Å²) in [6, 6.07) is 7.51. The van der Waals surface area contributed by atoms with Crippen molar-refractivity contribution >= 4 is 50.4 Å². The SMILES string of the molecule is CNC(=O)c1ccc(N2CCN(Cc3cc4[nH]c(=O)c5c(Cl)ccn5c4s3)CC2)cn1. The maximum absolute atomic E-state index is 12.3. The van der Waals surface area contributed by atoms with Crippen molar-refractivity contribution in [3.05, 3.63) is 62.6 Å². The van der Waals surface area contributed by atoms with E-state index in [0.717, 1.165) is 48.8 Å². The molecule has 0 spiro atoms. The first-order valence-electron chi connectivity index (χ1n) is 10.00. The molecule has 0 unspecified atom stereocenters. The molecule has 0 aliphatic carbocycles. The number of pyridine rings is 1. The Bertz CT molecular complexity index is 1320. The molecule has 4 aromatic heterocycles. The Hall–Kier alpha value is -2.88. The Labute approximate surface area is 187 Å². The van der Waals surface area contributed by atoms with Crippen molar-refractivity contribution in [3.8, 4) is 0 Å². The summed E-state index contributed by atoms with van der Waals surface area (Å²) in [5.41, 5.74) is 2.61. The van der Waals surface area contributed by atoms with Crippen molar-refractivity contribution in [1.82, 2.24) is 24.6 Å². The van der Waals surface area contributed by atoms with Crippen LogP contribution in [0.25, 0.3) is 15.9 Å². The van der Waals surface area contributed by atoms with Gasteiger partial charge in [-0.3, -0.25) is 14.5 Å². The highest BCUT2D eigenvalue weighted by molar-refractivity contribution is 7.18. The first-order chi connectivity index (χ1) is 15.0. The number of anilines is 1. The van der Waals surface area contributed by atoms with Gasteiger partial charge in [0.25, 0.3) is 11.5 Å². The Kier molecular flexibility index (Phi) is 5.17. The number of carbonyl (C=O) groups is 1. The third kappa shape index (κ3) is 3.69. The number of fused-ring (bicyclic) bond motifs is 3. The molecular formula is C21H21ClN6O2S. The first-order valence-corrected chi connectivity index (χ1v) is 11.2. The topological polar surface area (TPSA) is 85.7 Å². The number of thiophene rings is 1. The van der Waals surface area contributed by atoms with Crippen LogP contribution in [0.5, 0.6) is 0 Å². The zero-order chi connectivity index (χ0) is 21.5. The maximum Gasteiger partial charge on any atom is 0.274 e. The summed E-state index contributed by atoms with van der Waals surface area (Å²) < 4.78 is 1.87. The third-order valence-corrected chi connectivity index (χ3v) is 7.03. The van der Waals surface area contributed by atoms with Crippen LogP contribution in [0.2, 0.25) is 5.02 Å². The summed E-state index contributed by atoms with van der Waals surface area (Å²) in [7, 11) is 1.60. The molecule has 0 atom stereocenters. The molecule has 2 N–H and O–H groups in total. The molecule has 5 rings (SSSR count). The number of halogens is 1. The van der Waals surface area contributed by atoms with E-state index in [1.807, 2.05) is 16.7 Å². The zero-order valence-electron chi connectivity index (χ0n) is 16.9. The normalized spacial score (nSPS) is 15.1. The molecule has 160 valence electrons. The predicted octanol–water partition coefficient (Wildman–Crippen LogP) is 2.57. The van der Waals surface area contributed by atoms with E-state index < -0.39 is 0 Å². The number of piperazine rings is 1. The number of nitrogens with zero attached hydrogens (tertiary/aromatic N) is 4. The van der Waals surface area contributed by atoms with Gasteiger partial charge in [-0.25, -0.2) is 4.98 Å². The van der Waals surface area contributed by atoms with Crippen molar-refractivity contribution in [3.63, 3.8) is 0 Å². The Morgan fingerprint density at radius 2 is 2.06 bits per heavy atom. The van der Waals surface area contributed by atoms with Gasteiger partial charge in [0, 0.05) is 50.8 Å². The summed E-state index contributed by atoms with van der Waals surface area (Å²) in [5.74, 6) is -0.180. The highest BCUT2D eigenvalue weighted by Gasteiger charge is 2.20. The molecule has 1 saturated heterocycles. The molecule has 0 saturated carbocycles. The fourth-order valence-corrected chi connectivity index (χ4v) is 5.35. The van der Waals surface area contributed by atoms with Gasteiger partial charge in [-0.05, 0) is 24.3 Å². The zero-order valence-corrected chi connectivity index (χ0v) is 18.5. The van der Waals surface area contributed by atoms with E-state index in [9.17, 15) is 9.59 Å². The summed E-state index contributed by atoms with van der Waals surface area (Å²) in [5, 5.41) is 3.05. The van der Waals surface area contributed by atoms with Crippen LogP contribution >= 0.6 is 22.9 Å². The van der Waals surface area contributed by atoms with Crippen LogP contribution in [0.4, 0.5) is 5.69 Å². The van der Waals surface area contributed by atoms with Gasteiger partial charge in [-0.15, -0.1) is 11.3 Å². The van der Waals surface area contributed by atoms with Crippen LogP contribution in [-0.4, -0.2) is 58.4 Å². The van der Waals surface area contributed by atoms with E-state index >= 15 is 0 Å². The van der Waals surface area contributed by atoms with Crippen molar-refractivity contribution in [2.24, 2.45) is 0 Å². The van der Waals surface area contributed by atoms with Gasteiger partial charge in [0.2, 0.25) is 0 Å². The Balaban J connectivity index is 1.27. The van der Waals surface area contributed by atoms with Gasteiger partial charge in [0.05, 0.1) is 22.4 Å². The van der Waals surface area contributed by atoms with Crippen LogP contribution in [0.15, 0.2) is 41.5 Å². The van der Waals surface area contributed by atoms with Gasteiger partial charge in [0.15, 0.2) is 0 Å². The van der Waals surface area contributed by atoms with Gasteiger partial charge >= 0.3 is 0 Å². The Morgan fingerprint density at radius 3 is 2.77 bits per heavy atom. The van der Waals surface area contributed by atoms with Crippen LogP contribution in [-0.2, 0) is 6.54 Å². The predicted molar refractivity (Wildman–Crippen MR) is 124 cm³/mol. The number of hydrogen-bond donors (Lipinski definition) is 2. The monoisotopic (exact) mass is 456 g/mol. The van der Waals surface area contributed by atoms with E-state index in [0.29, 0.717) is 16.2 Å². The van der Waals surface area contributed by atoms with E-state index in [4.69, 9.17) is 11.6 Å². The molecule has 1 aliphatic heterocycles. The average Bonchev–Trinajstić information content (AvgIpc) is 3.37. The number of nitrogens with one attached hydrogen (secondary N) is 2. The van der Waals surface area contributed by atoms with E-state index in [-0.39, 0.29) is 11.5 Å². The molecule has 1 fully saturated rings. The molecular weight excluding hydrogens is 436 g/mol. The average molecular weight is 457 g/mol. The highest BCUT2D eigenvalue weighted by atomic mass is 35.5. The summed E-state index contributed by atoms with van der Waals surface area (Å²) >= 11 is 7.84. The number of aromatic amines is 1. The lowest BCUT2D eigenvalue weighted by Gasteiger charge is -2.35. The fraction of sp³-hybridized carbons (Fsp3) is 0.286. The van der Waals surface area contributed by atoms with Crippen molar-refractivity contribution in [1.29, 1.82) is 0 Å². The summed E-state index contributed by atoms with van der Waals surface area (Å²) in [4.78, 5) is 38.1. The minimum atomic E-state index is -0.180. The number of carbonyl (C=O) groups excluding carboxylic acids is 1. The van der Waals surface area contributed by atoms with Crippen LogP contribution < -0.4 is 15.8 Å². The lowest BCUT2D eigenvalue weighted by molar-refractivity contribution is 0.0958. The molecule has 0 aromatic carbocycles. The first kappa shape index (κ1) is 20.0. The molecule has 5 heterocycles. The number of amides is 1. The van der Waals surface area contributed by atoms with E-state index in [2.05, 4.69) is 31.2 Å². The minimum absolute atomic E-state index is 0.170. The van der Waals surface area contributed by atoms with E-state index in [1.54, 1.807) is 36.7 Å². The second-order valence-electron chi connectivity index (χ2n) is 7.51. The largest absolute Gasteiger partial charge is 0.368 e. The molecule has 1 amide bonds. The molecule has 0 bridgehead atoms. The second-order valence-corrected chi connectivity index (χ2v) is 9.03. The van der Waals surface area contributed by atoms with Crippen LogP contribution in [0.1, 0.15) is 15.4 Å². The Morgan fingerprint density at radius 1 is 1.26 bits per heavy atom. The van der Waals surface area contributed by atoms with Crippen LogP contribution in [0.3, 0.4) is 0 Å². The lowest BCUT2D eigenvalue weighted by atomic mass is 10.2. The minimum Gasteiger partial charge on any atom is -0.368 e. The molecule has 8 nitrogen and oxygen atoms in total. The lowest BCUT2D eigenvalue weighted by Crippen LogP contribution is -2.45. The third-order valence-electron chi connectivity index (χ3n) is 5.61.